The predicted octanol–water partition coefficient (Wildman–Crippen LogP) is 1.80. The Labute approximate surface area is 91.5 Å². The number of allylic oxidation sites excluding steroid dienone is 1. The summed E-state index contributed by atoms with van der Waals surface area (Å²) in [5.41, 5.74) is 0. The smallest absolute Gasteiger partial charge is 0.171 e. The van der Waals surface area contributed by atoms with Gasteiger partial charge in [0.2, 0.25) is 0 Å². The lowest BCUT2D eigenvalue weighted by atomic mass is 10.4. The van der Waals surface area contributed by atoms with Gasteiger partial charge in [-0.25, -0.2) is 5.10 Å². The van der Waals surface area contributed by atoms with Crippen molar-refractivity contribution in [3.05, 3.63) is 11.9 Å². The maximum atomic E-state index is 3.71. The molecule has 0 saturated carbocycles. The average Bonchev–Trinajstić information content (AvgIpc) is 2.32. The summed E-state index contributed by atoms with van der Waals surface area (Å²) in [6.07, 6.45) is 3.88. The van der Waals surface area contributed by atoms with E-state index in [9.17, 15) is 0 Å². The molecular formula is C5H6I2N4. The molecule has 0 bridgehead atoms. The van der Waals surface area contributed by atoms with Crippen LogP contribution in [0.3, 0.4) is 0 Å². The molecule has 1 rings (SSSR count). The molecule has 0 saturated heterocycles. The molecule has 0 radical (unpaired) electrons. The highest BCUT2D eigenvalue weighted by Crippen LogP contribution is 2.28. The Balaban J connectivity index is 2.63. The van der Waals surface area contributed by atoms with Crippen LogP contribution in [0.4, 0.5) is 0 Å². The Kier molecular flexibility index (Phi) is 3.22. The summed E-state index contributed by atoms with van der Waals surface area (Å²) in [6.45, 7) is 2.09. The molecule has 4 nitrogen and oxygen atoms in total. The van der Waals surface area contributed by atoms with Crippen molar-refractivity contribution >= 4 is 51.3 Å². The minimum Gasteiger partial charge on any atom is -0.239 e. The van der Waals surface area contributed by atoms with E-state index in [1.807, 2.05) is 12.2 Å². The Morgan fingerprint density at radius 2 is 2.27 bits per heavy atom. The molecule has 1 aromatic rings. The fraction of sp³-hybridized carbons (Fsp3) is 0.400. The predicted molar refractivity (Wildman–Crippen MR) is 59.7 cm³/mol. The Morgan fingerprint density at radius 3 is 2.73 bits per heavy atom. The third kappa shape index (κ3) is 3.99. The zero-order chi connectivity index (χ0) is 8.32. The molecule has 0 unspecified atom stereocenters. The summed E-state index contributed by atoms with van der Waals surface area (Å²) in [7, 11) is 0. The van der Waals surface area contributed by atoms with Crippen LogP contribution < -0.4 is 0 Å². The summed E-state index contributed by atoms with van der Waals surface area (Å²) in [5, 5.41) is 13.2. The number of hydrogen-bond donors (Lipinski definition) is 1. The summed E-state index contributed by atoms with van der Waals surface area (Å²) in [4.78, 5) is 0. The summed E-state index contributed by atoms with van der Waals surface area (Å²) < 4.78 is 0.113. The minimum absolute atomic E-state index is 0.113. The van der Waals surface area contributed by atoms with E-state index in [0.29, 0.717) is 5.82 Å². The first-order chi connectivity index (χ1) is 5.08. The number of tetrazole rings is 1. The van der Waals surface area contributed by atoms with Crippen molar-refractivity contribution in [3.63, 3.8) is 0 Å². The van der Waals surface area contributed by atoms with Crippen LogP contribution >= 0.6 is 45.2 Å². The Morgan fingerprint density at radius 1 is 1.55 bits per heavy atom. The van der Waals surface area contributed by atoms with Crippen LogP contribution in [0.5, 0.6) is 0 Å². The van der Waals surface area contributed by atoms with Crippen LogP contribution in [0.15, 0.2) is 6.08 Å². The van der Waals surface area contributed by atoms with Gasteiger partial charge in [-0.1, -0.05) is 51.3 Å². The zero-order valence-corrected chi connectivity index (χ0v) is 10.1. The van der Waals surface area contributed by atoms with Gasteiger partial charge in [0.15, 0.2) is 5.82 Å². The van der Waals surface area contributed by atoms with Crippen LogP contribution in [0.2, 0.25) is 0 Å². The van der Waals surface area contributed by atoms with Gasteiger partial charge in [-0.15, -0.1) is 5.10 Å². The molecule has 1 aromatic heterocycles. The number of alkyl halides is 2. The molecule has 0 aliphatic heterocycles. The number of aromatic nitrogens is 4. The number of aromatic amines is 1. The van der Waals surface area contributed by atoms with E-state index in [4.69, 9.17) is 0 Å². The number of nitrogens with one attached hydrogen (secondary N) is 1. The molecule has 1 N–H and O–H groups in total. The van der Waals surface area contributed by atoms with Gasteiger partial charge in [0.1, 0.15) is 0 Å². The largest absolute Gasteiger partial charge is 0.239 e. The molecule has 0 aromatic carbocycles. The van der Waals surface area contributed by atoms with Gasteiger partial charge in [0.25, 0.3) is 0 Å². The van der Waals surface area contributed by atoms with Crippen LogP contribution in [-0.4, -0.2) is 22.1 Å². The Hall–Kier alpha value is 0.270. The van der Waals surface area contributed by atoms with Crippen molar-refractivity contribution in [1.82, 2.24) is 20.6 Å². The number of rotatable bonds is 2. The van der Waals surface area contributed by atoms with Crippen LogP contribution in [0.1, 0.15) is 12.7 Å². The third-order valence-corrected chi connectivity index (χ3v) is 1.61. The molecule has 11 heavy (non-hydrogen) atoms. The summed E-state index contributed by atoms with van der Waals surface area (Å²) in [5.74, 6) is 0.685. The molecule has 0 aliphatic rings. The second-order valence-electron chi connectivity index (χ2n) is 2.08. The molecule has 0 atom stereocenters. The molecule has 6 heteroatoms. The average molecular weight is 376 g/mol. The van der Waals surface area contributed by atoms with E-state index in [1.165, 1.54) is 0 Å². The third-order valence-electron chi connectivity index (χ3n) is 0.896. The maximum absolute atomic E-state index is 3.71. The lowest BCUT2D eigenvalue weighted by Crippen LogP contribution is -1.96. The molecule has 1 heterocycles. The van der Waals surface area contributed by atoms with Crippen molar-refractivity contribution < 1.29 is 0 Å². The molecule has 0 aliphatic carbocycles. The van der Waals surface area contributed by atoms with Gasteiger partial charge in [-0.3, -0.25) is 0 Å². The second-order valence-corrected chi connectivity index (χ2v) is 8.62. The number of halogens is 2. The van der Waals surface area contributed by atoms with Crippen molar-refractivity contribution in [2.24, 2.45) is 0 Å². The summed E-state index contributed by atoms with van der Waals surface area (Å²) >= 11 is 4.64. The van der Waals surface area contributed by atoms with Crippen molar-refractivity contribution in [1.29, 1.82) is 0 Å². The molecule has 60 valence electrons. The van der Waals surface area contributed by atoms with Gasteiger partial charge in [0, 0.05) is 0 Å². The standard InChI is InChI=1S/C5H6I2N4/c1-5(6,7)3-2-4-8-10-11-9-4/h2-3H,1H3,(H,8,9,10,11)/b3-2+. The molecule has 0 amide bonds. The maximum Gasteiger partial charge on any atom is 0.171 e. The fourth-order valence-corrected chi connectivity index (χ4v) is 0.822. The lowest BCUT2D eigenvalue weighted by Gasteiger charge is -2.04. The van der Waals surface area contributed by atoms with E-state index < -0.39 is 0 Å². The van der Waals surface area contributed by atoms with E-state index in [0.717, 1.165) is 0 Å². The van der Waals surface area contributed by atoms with Gasteiger partial charge in [-0.2, -0.15) is 0 Å². The zero-order valence-electron chi connectivity index (χ0n) is 5.75. The van der Waals surface area contributed by atoms with Crippen molar-refractivity contribution in [2.75, 3.05) is 0 Å². The first kappa shape index (κ1) is 9.36. The summed E-state index contributed by atoms with van der Waals surface area (Å²) in [6, 6.07) is 0. The van der Waals surface area contributed by atoms with E-state index in [-0.39, 0.29) is 1.43 Å². The van der Waals surface area contributed by atoms with Crippen molar-refractivity contribution in [3.8, 4) is 0 Å². The lowest BCUT2D eigenvalue weighted by molar-refractivity contribution is 0.881. The van der Waals surface area contributed by atoms with Crippen molar-refractivity contribution in [2.45, 2.75) is 8.35 Å². The number of hydrogen-bond acceptors (Lipinski definition) is 3. The van der Waals surface area contributed by atoms with Gasteiger partial charge in [-0.05, 0) is 23.4 Å². The normalized spacial score (nSPS) is 12.6. The highest BCUT2D eigenvalue weighted by molar-refractivity contribution is 14.2. The Bertz CT molecular complexity index is 235. The minimum atomic E-state index is 0.113. The molecular weight excluding hydrogens is 370 g/mol. The quantitative estimate of drug-likeness (QED) is 0.633. The van der Waals surface area contributed by atoms with Crippen LogP contribution in [0, 0.1) is 0 Å². The monoisotopic (exact) mass is 376 g/mol. The van der Waals surface area contributed by atoms with Crippen LogP contribution in [-0.2, 0) is 0 Å². The molecule has 0 spiro atoms. The number of H-pyrrole nitrogens is 1. The number of nitrogens with zero attached hydrogens (tertiary/aromatic N) is 3. The highest BCUT2D eigenvalue weighted by atomic mass is 127. The van der Waals surface area contributed by atoms with Gasteiger partial charge in [0.05, 0.1) is 1.43 Å². The topological polar surface area (TPSA) is 54.5 Å². The SMILES string of the molecule is CC(I)(I)/C=C/c1nnn[nH]1. The highest BCUT2D eigenvalue weighted by Gasteiger charge is 2.08. The fourth-order valence-electron chi connectivity index (χ4n) is 0.462. The second kappa shape index (κ2) is 3.78. The molecule has 0 fully saturated rings. The van der Waals surface area contributed by atoms with E-state index in [1.54, 1.807) is 0 Å². The first-order valence-corrected chi connectivity index (χ1v) is 5.04. The van der Waals surface area contributed by atoms with Gasteiger partial charge < -0.3 is 0 Å². The van der Waals surface area contributed by atoms with E-state index in [2.05, 4.69) is 72.7 Å². The van der Waals surface area contributed by atoms with Gasteiger partial charge >= 0.3 is 0 Å². The first-order valence-electron chi connectivity index (χ1n) is 2.89. The van der Waals surface area contributed by atoms with Crippen LogP contribution in [0.25, 0.3) is 6.08 Å². The van der Waals surface area contributed by atoms with E-state index >= 15 is 0 Å².